The second kappa shape index (κ2) is 8.17. The molecule has 6 nitrogen and oxygen atoms in total. The lowest BCUT2D eigenvalue weighted by Crippen LogP contribution is -2.48. The Morgan fingerprint density at radius 1 is 1.04 bits per heavy atom. The van der Waals surface area contributed by atoms with E-state index in [9.17, 15) is 9.59 Å². The topological polar surface area (TPSA) is 66.7 Å². The van der Waals surface area contributed by atoms with Gasteiger partial charge in [0.25, 0.3) is 5.91 Å². The van der Waals surface area contributed by atoms with Crippen LogP contribution in [0.2, 0.25) is 0 Å². The number of likely N-dealkylation sites (tertiary alicyclic amines) is 2. The fraction of sp³-hybridized carbons (Fsp3) is 0.500. The molecule has 1 aromatic carbocycles. The summed E-state index contributed by atoms with van der Waals surface area (Å²) in [5.74, 6) is 1.22. The summed E-state index contributed by atoms with van der Waals surface area (Å²) in [5, 5.41) is 3.97. The minimum absolute atomic E-state index is 0.105. The number of carbonyl (C=O) groups excluding carboxylic acids is 2. The average Bonchev–Trinajstić information content (AvgIpc) is 3.24. The fourth-order valence-electron chi connectivity index (χ4n) is 4.13. The molecule has 2 aliphatic heterocycles. The Hall–Kier alpha value is -2.63. The summed E-state index contributed by atoms with van der Waals surface area (Å²) in [6, 6.07) is 11.3. The smallest absolute Gasteiger partial charge is 0.276 e. The Balaban J connectivity index is 1.41. The van der Waals surface area contributed by atoms with Crippen LogP contribution in [0.25, 0.3) is 11.3 Å². The highest BCUT2D eigenvalue weighted by atomic mass is 16.5. The lowest BCUT2D eigenvalue weighted by molar-refractivity contribution is -0.138. The van der Waals surface area contributed by atoms with Gasteiger partial charge in [0.1, 0.15) is 0 Å². The first-order chi connectivity index (χ1) is 13.6. The minimum atomic E-state index is -0.157. The van der Waals surface area contributed by atoms with Crippen LogP contribution >= 0.6 is 0 Å². The van der Waals surface area contributed by atoms with Crippen molar-refractivity contribution in [1.29, 1.82) is 0 Å². The third-order valence-corrected chi connectivity index (χ3v) is 5.94. The standard InChI is InChI=1S/C22H27N3O3/c1-16-9-12-24(13-10-16)21(26)18-8-5-11-25(15-18)22(27)19-14-20(28-23-19)17-6-3-2-4-7-17/h2-4,6-7,14,16,18H,5,8-13,15H2,1H3/t18-/m1/s1. The van der Waals surface area contributed by atoms with Crippen LogP contribution in [0.4, 0.5) is 0 Å². The number of carbonyl (C=O) groups is 2. The number of amides is 2. The molecule has 2 aromatic rings. The Bertz CT molecular complexity index is 825. The van der Waals surface area contributed by atoms with E-state index in [4.69, 9.17) is 4.52 Å². The van der Waals surface area contributed by atoms with Gasteiger partial charge < -0.3 is 14.3 Å². The van der Waals surface area contributed by atoms with E-state index in [1.54, 1.807) is 11.0 Å². The fourth-order valence-corrected chi connectivity index (χ4v) is 4.13. The maximum atomic E-state index is 12.9. The molecule has 0 unspecified atom stereocenters. The summed E-state index contributed by atoms with van der Waals surface area (Å²) < 4.78 is 5.37. The molecule has 2 fully saturated rings. The molecule has 0 saturated carbocycles. The van der Waals surface area contributed by atoms with Gasteiger partial charge in [-0.3, -0.25) is 9.59 Å². The molecule has 0 radical (unpaired) electrons. The van der Waals surface area contributed by atoms with Gasteiger partial charge in [0, 0.05) is 37.8 Å². The van der Waals surface area contributed by atoms with Crippen LogP contribution in [-0.2, 0) is 4.79 Å². The quantitative estimate of drug-likeness (QED) is 0.817. The van der Waals surface area contributed by atoms with Crippen molar-refractivity contribution in [2.24, 2.45) is 11.8 Å². The predicted octanol–water partition coefficient (Wildman–Crippen LogP) is 3.45. The second-order valence-corrected chi connectivity index (χ2v) is 8.04. The third kappa shape index (κ3) is 3.96. The highest BCUT2D eigenvalue weighted by molar-refractivity contribution is 5.93. The van der Waals surface area contributed by atoms with Crippen LogP contribution in [0, 0.1) is 11.8 Å². The maximum Gasteiger partial charge on any atom is 0.276 e. The van der Waals surface area contributed by atoms with E-state index in [1.165, 1.54) is 0 Å². The van der Waals surface area contributed by atoms with Crippen molar-refractivity contribution in [2.75, 3.05) is 26.2 Å². The predicted molar refractivity (Wildman–Crippen MR) is 106 cm³/mol. The molecule has 4 rings (SSSR count). The highest BCUT2D eigenvalue weighted by Gasteiger charge is 2.33. The first kappa shape index (κ1) is 18.7. The van der Waals surface area contributed by atoms with E-state index in [0.717, 1.165) is 44.3 Å². The van der Waals surface area contributed by atoms with E-state index in [0.29, 0.717) is 30.5 Å². The number of benzene rings is 1. The van der Waals surface area contributed by atoms with Crippen LogP contribution in [0.5, 0.6) is 0 Å². The molecule has 6 heteroatoms. The van der Waals surface area contributed by atoms with Crippen molar-refractivity contribution in [3.63, 3.8) is 0 Å². The minimum Gasteiger partial charge on any atom is -0.355 e. The number of nitrogens with zero attached hydrogens (tertiary/aromatic N) is 3. The Labute approximate surface area is 165 Å². The number of rotatable bonds is 3. The van der Waals surface area contributed by atoms with Crippen LogP contribution in [0.3, 0.4) is 0 Å². The largest absolute Gasteiger partial charge is 0.355 e. The molecule has 28 heavy (non-hydrogen) atoms. The molecule has 0 N–H and O–H groups in total. The van der Waals surface area contributed by atoms with Gasteiger partial charge in [-0.2, -0.15) is 0 Å². The first-order valence-corrected chi connectivity index (χ1v) is 10.2. The molecule has 1 aromatic heterocycles. The van der Waals surface area contributed by atoms with Gasteiger partial charge in [0.05, 0.1) is 5.92 Å². The zero-order valence-electron chi connectivity index (χ0n) is 16.3. The van der Waals surface area contributed by atoms with Gasteiger partial charge in [-0.25, -0.2) is 0 Å². The van der Waals surface area contributed by atoms with E-state index in [-0.39, 0.29) is 17.7 Å². The van der Waals surface area contributed by atoms with Gasteiger partial charge in [0.2, 0.25) is 5.91 Å². The molecule has 2 amide bonds. The van der Waals surface area contributed by atoms with E-state index >= 15 is 0 Å². The van der Waals surface area contributed by atoms with Crippen molar-refractivity contribution >= 4 is 11.8 Å². The van der Waals surface area contributed by atoms with Crippen molar-refractivity contribution in [2.45, 2.75) is 32.6 Å². The SMILES string of the molecule is CC1CCN(C(=O)[C@@H]2CCCN(C(=O)c3cc(-c4ccccc4)on3)C2)CC1. The van der Waals surface area contributed by atoms with Crippen LogP contribution in [0.1, 0.15) is 43.1 Å². The number of hydrogen-bond donors (Lipinski definition) is 0. The Morgan fingerprint density at radius 3 is 2.54 bits per heavy atom. The maximum absolute atomic E-state index is 12.9. The highest BCUT2D eigenvalue weighted by Crippen LogP contribution is 2.25. The second-order valence-electron chi connectivity index (χ2n) is 8.04. The molecule has 0 spiro atoms. The summed E-state index contributed by atoms with van der Waals surface area (Å²) in [6.45, 7) is 5.05. The van der Waals surface area contributed by atoms with Gasteiger partial charge in [-0.1, -0.05) is 42.4 Å². The molecule has 0 aliphatic carbocycles. The summed E-state index contributed by atoms with van der Waals surface area (Å²) in [7, 11) is 0. The van der Waals surface area contributed by atoms with Crippen LogP contribution < -0.4 is 0 Å². The van der Waals surface area contributed by atoms with Crippen LogP contribution in [-0.4, -0.2) is 52.9 Å². The number of aromatic nitrogens is 1. The average molecular weight is 381 g/mol. The summed E-state index contributed by atoms with van der Waals surface area (Å²) in [6.07, 6.45) is 3.84. The van der Waals surface area contributed by atoms with E-state index in [1.807, 2.05) is 35.2 Å². The summed E-state index contributed by atoms with van der Waals surface area (Å²) in [5.41, 5.74) is 1.19. The van der Waals surface area contributed by atoms with Crippen molar-refractivity contribution in [3.8, 4) is 11.3 Å². The molecule has 148 valence electrons. The van der Waals surface area contributed by atoms with Gasteiger partial charge in [-0.15, -0.1) is 0 Å². The first-order valence-electron chi connectivity index (χ1n) is 10.2. The molecular formula is C22H27N3O3. The zero-order chi connectivity index (χ0) is 19.5. The van der Waals surface area contributed by atoms with Gasteiger partial charge in [-0.05, 0) is 31.6 Å². The van der Waals surface area contributed by atoms with Crippen LogP contribution in [0.15, 0.2) is 40.9 Å². The lowest BCUT2D eigenvalue weighted by Gasteiger charge is -2.37. The lowest BCUT2D eigenvalue weighted by atomic mass is 9.93. The molecule has 2 aliphatic rings. The van der Waals surface area contributed by atoms with Crippen molar-refractivity contribution in [1.82, 2.24) is 15.0 Å². The van der Waals surface area contributed by atoms with E-state index in [2.05, 4.69) is 12.1 Å². The number of hydrogen-bond acceptors (Lipinski definition) is 4. The van der Waals surface area contributed by atoms with Crippen molar-refractivity contribution < 1.29 is 14.1 Å². The summed E-state index contributed by atoms with van der Waals surface area (Å²) in [4.78, 5) is 29.6. The normalized spacial score (nSPS) is 21.0. The molecule has 1 atom stereocenters. The molecule has 3 heterocycles. The Kier molecular flexibility index (Phi) is 5.46. The molecular weight excluding hydrogens is 354 g/mol. The molecule has 0 bridgehead atoms. The van der Waals surface area contributed by atoms with Gasteiger partial charge in [0.15, 0.2) is 11.5 Å². The number of piperidine rings is 2. The molecule has 2 saturated heterocycles. The summed E-state index contributed by atoms with van der Waals surface area (Å²) >= 11 is 0. The monoisotopic (exact) mass is 381 g/mol. The third-order valence-electron chi connectivity index (χ3n) is 5.94. The van der Waals surface area contributed by atoms with Crippen molar-refractivity contribution in [3.05, 3.63) is 42.1 Å². The Morgan fingerprint density at radius 2 is 1.79 bits per heavy atom. The van der Waals surface area contributed by atoms with Gasteiger partial charge >= 0.3 is 0 Å². The van der Waals surface area contributed by atoms with E-state index < -0.39 is 0 Å². The zero-order valence-corrected chi connectivity index (χ0v) is 16.3.